The molecule has 0 unspecified atom stereocenters. The highest BCUT2D eigenvalue weighted by atomic mass is 32.1. The van der Waals surface area contributed by atoms with Gasteiger partial charge in [0, 0.05) is 5.69 Å². The summed E-state index contributed by atoms with van der Waals surface area (Å²) in [7, 11) is 1.61. The van der Waals surface area contributed by atoms with Crippen LogP contribution in [0.25, 0.3) is 11.5 Å². The van der Waals surface area contributed by atoms with Crippen LogP contribution in [0.2, 0.25) is 0 Å². The molecule has 2 aromatic carbocycles. The lowest BCUT2D eigenvalue weighted by atomic mass is 10.2. The Labute approximate surface area is 178 Å². The van der Waals surface area contributed by atoms with Crippen molar-refractivity contribution in [3.8, 4) is 23.0 Å². The lowest BCUT2D eigenvalue weighted by Crippen LogP contribution is -1.99. The number of H-pyrrole nitrogens is 2. The predicted molar refractivity (Wildman–Crippen MR) is 116 cm³/mol. The molecule has 152 valence electrons. The van der Waals surface area contributed by atoms with E-state index in [0.717, 1.165) is 16.8 Å². The number of hydrogen-bond donors (Lipinski definition) is 2. The molecule has 8 nitrogen and oxygen atoms in total. The minimum absolute atomic E-state index is 0.371. The van der Waals surface area contributed by atoms with Crippen molar-refractivity contribution in [2.75, 3.05) is 7.11 Å². The smallest absolute Gasteiger partial charge is 0.216 e. The average molecular weight is 420 g/mol. The van der Waals surface area contributed by atoms with Crippen LogP contribution in [-0.2, 0) is 6.61 Å². The van der Waals surface area contributed by atoms with Crippen molar-refractivity contribution >= 4 is 18.4 Å². The Hall–Kier alpha value is -3.72. The molecule has 4 rings (SSSR count). The highest BCUT2D eigenvalue weighted by molar-refractivity contribution is 7.71. The van der Waals surface area contributed by atoms with Gasteiger partial charge in [-0.15, -0.1) is 0 Å². The molecule has 30 heavy (non-hydrogen) atoms. The van der Waals surface area contributed by atoms with E-state index in [2.05, 4.69) is 25.5 Å². The molecule has 0 radical (unpaired) electrons. The van der Waals surface area contributed by atoms with E-state index in [9.17, 15) is 0 Å². The van der Waals surface area contributed by atoms with Gasteiger partial charge in [-0.2, -0.15) is 20.0 Å². The SMILES string of the molecule is COc1ccc(/C=N/n2c(-c3cc(C)[nH]n3)n[nH]c2=S)cc1OCc1ccccc1. The van der Waals surface area contributed by atoms with E-state index >= 15 is 0 Å². The number of aromatic nitrogens is 5. The Kier molecular flexibility index (Phi) is 5.71. The number of benzene rings is 2. The molecule has 0 atom stereocenters. The van der Waals surface area contributed by atoms with Crippen molar-refractivity contribution in [3.63, 3.8) is 0 Å². The van der Waals surface area contributed by atoms with E-state index in [1.165, 1.54) is 4.68 Å². The minimum Gasteiger partial charge on any atom is -0.493 e. The highest BCUT2D eigenvalue weighted by Gasteiger charge is 2.11. The van der Waals surface area contributed by atoms with E-state index in [1.54, 1.807) is 13.3 Å². The number of hydrogen-bond acceptors (Lipinski definition) is 6. The van der Waals surface area contributed by atoms with E-state index in [4.69, 9.17) is 21.7 Å². The first-order valence-electron chi connectivity index (χ1n) is 9.23. The van der Waals surface area contributed by atoms with Crippen LogP contribution in [0.4, 0.5) is 0 Å². The van der Waals surface area contributed by atoms with Crippen LogP contribution in [0.1, 0.15) is 16.8 Å². The summed E-state index contributed by atoms with van der Waals surface area (Å²) in [5.74, 6) is 1.80. The monoisotopic (exact) mass is 420 g/mol. The van der Waals surface area contributed by atoms with Gasteiger partial charge in [0.15, 0.2) is 11.5 Å². The predicted octanol–water partition coefficient (Wildman–Crippen LogP) is 4.11. The Bertz CT molecular complexity index is 1230. The van der Waals surface area contributed by atoms with Crippen LogP contribution in [0.3, 0.4) is 0 Å². The standard InChI is InChI=1S/C21H20N6O2S/c1-14-10-17(24-23-14)20-25-26-21(30)27(20)22-12-16-8-9-18(28-2)19(11-16)29-13-15-6-4-3-5-7-15/h3-12H,13H2,1-2H3,(H,23,24)(H,26,30)/b22-12+. The molecule has 0 spiro atoms. The Morgan fingerprint density at radius 2 is 1.90 bits per heavy atom. The van der Waals surface area contributed by atoms with Crippen LogP contribution >= 0.6 is 12.2 Å². The first-order valence-corrected chi connectivity index (χ1v) is 9.64. The summed E-state index contributed by atoms with van der Waals surface area (Å²) in [4.78, 5) is 0. The van der Waals surface area contributed by atoms with Gasteiger partial charge < -0.3 is 9.47 Å². The largest absolute Gasteiger partial charge is 0.493 e. The van der Waals surface area contributed by atoms with Crippen molar-refractivity contribution in [2.45, 2.75) is 13.5 Å². The molecule has 0 saturated heterocycles. The Balaban J connectivity index is 1.59. The van der Waals surface area contributed by atoms with Gasteiger partial charge in [-0.25, -0.2) is 5.10 Å². The highest BCUT2D eigenvalue weighted by Crippen LogP contribution is 2.28. The molecule has 0 amide bonds. The molecule has 0 bridgehead atoms. The number of nitrogens with zero attached hydrogens (tertiary/aromatic N) is 4. The summed E-state index contributed by atoms with van der Waals surface area (Å²) in [5.41, 5.74) is 3.47. The zero-order valence-electron chi connectivity index (χ0n) is 16.5. The van der Waals surface area contributed by atoms with Crippen LogP contribution in [0.5, 0.6) is 11.5 Å². The van der Waals surface area contributed by atoms with Crippen LogP contribution < -0.4 is 9.47 Å². The van der Waals surface area contributed by atoms with E-state index in [-0.39, 0.29) is 0 Å². The maximum absolute atomic E-state index is 5.96. The second-order valence-corrected chi connectivity index (χ2v) is 6.92. The van der Waals surface area contributed by atoms with Gasteiger partial charge in [-0.3, -0.25) is 5.10 Å². The van der Waals surface area contributed by atoms with Crippen molar-refractivity contribution in [1.29, 1.82) is 0 Å². The maximum atomic E-state index is 5.96. The number of nitrogens with one attached hydrogen (secondary N) is 2. The summed E-state index contributed by atoms with van der Waals surface area (Å²) < 4.78 is 13.3. The van der Waals surface area contributed by atoms with E-state index in [0.29, 0.717) is 34.4 Å². The van der Waals surface area contributed by atoms with Crippen LogP contribution in [-0.4, -0.2) is 38.4 Å². The average Bonchev–Trinajstić information content (AvgIpc) is 3.36. The molecule has 0 saturated carbocycles. The van der Waals surface area contributed by atoms with Gasteiger partial charge in [0.2, 0.25) is 10.6 Å². The van der Waals surface area contributed by atoms with Gasteiger partial charge in [0.05, 0.1) is 13.3 Å². The minimum atomic E-state index is 0.371. The fourth-order valence-electron chi connectivity index (χ4n) is 2.84. The van der Waals surface area contributed by atoms with Gasteiger partial charge in [-0.1, -0.05) is 30.3 Å². The zero-order chi connectivity index (χ0) is 20.9. The number of rotatable bonds is 7. The lowest BCUT2D eigenvalue weighted by molar-refractivity contribution is 0.284. The van der Waals surface area contributed by atoms with Gasteiger partial charge in [-0.05, 0) is 54.5 Å². The topological polar surface area (TPSA) is 93.1 Å². The first-order chi connectivity index (χ1) is 14.6. The van der Waals surface area contributed by atoms with Crippen molar-refractivity contribution < 1.29 is 9.47 Å². The number of aryl methyl sites for hydroxylation is 1. The normalized spacial score (nSPS) is 11.1. The van der Waals surface area contributed by atoms with Crippen molar-refractivity contribution in [3.05, 3.63) is 76.2 Å². The molecular formula is C21H20N6O2S. The molecule has 0 aliphatic carbocycles. The maximum Gasteiger partial charge on any atom is 0.216 e. The second-order valence-electron chi connectivity index (χ2n) is 6.53. The summed E-state index contributed by atoms with van der Waals surface area (Å²) in [6.07, 6.45) is 1.68. The molecule has 2 aromatic heterocycles. The molecule has 2 N–H and O–H groups in total. The van der Waals surface area contributed by atoms with E-state index in [1.807, 2.05) is 61.5 Å². The second kappa shape index (κ2) is 8.75. The Morgan fingerprint density at radius 1 is 1.07 bits per heavy atom. The third-order valence-corrected chi connectivity index (χ3v) is 4.60. The molecular weight excluding hydrogens is 400 g/mol. The molecule has 0 aliphatic rings. The van der Waals surface area contributed by atoms with Crippen LogP contribution in [0, 0.1) is 11.7 Å². The Morgan fingerprint density at radius 3 is 2.63 bits per heavy atom. The number of methoxy groups -OCH3 is 1. The summed E-state index contributed by atoms with van der Waals surface area (Å²) in [6, 6.07) is 17.4. The summed E-state index contributed by atoms with van der Waals surface area (Å²) in [6.45, 7) is 2.35. The fourth-order valence-corrected chi connectivity index (χ4v) is 3.02. The lowest BCUT2D eigenvalue weighted by Gasteiger charge is -2.11. The first kappa shape index (κ1) is 19.6. The summed E-state index contributed by atoms with van der Waals surface area (Å²) in [5, 5.41) is 18.6. The molecule has 0 aliphatic heterocycles. The molecule has 2 heterocycles. The van der Waals surface area contributed by atoms with E-state index < -0.39 is 0 Å². The fraction of sp³-hybridized carbons (Fsp3) is 0.143. The number of ether oxygens (including phenoxy) is 2. The number of aromatic amines is 2. The third-order valence-electron chi connectivity index (χ3n) is 4.33. The molecule has 4 aromatic rings. The van der Waals surface area contributed by atoms with Gasteiger partial charge >= 0.3 is 0 Å². The van der Waals surface area contributed by atoms with Crippen molar-refractivity contribution in [2.24, 2.45) is 5.10 Å². The molecule has 9 heteroatoms. The zero-order valence-corrected chi connectivity index (χ0v) is 17.3. The summed E-state index contributed by atoms with van der Waals surface area (Å²) >= 11 is 5.30. The van der Waals surface area contributed by atoms with Gasteiger partial charge in [0.25, 0.3) is 0 Å². The molecule has 0 fully saturated rings. The quantitative estimate of drug-likeness (QED) is 0.347. The van der Waals surface area contributed by atoms with Crippen molar-refractivity contribution in [1.82, 2.24) is 25.1 Å². The van der Waals surface area contributed by atoms with Gasteiger partial charge in [0.1, 0.15) is 12.3 Å². The third kappa shape index (κ3) is 4.31. The van der Waals surface area contributed by atoms with Crippen LogP contribution in [0.15, 0.2) is 59.7 Å².